The molecule has 0 unspecified atom stereocenters. The molecule has 0 aromatic heterocycles. The highest BCUT2D eigenvalue weighted by atomic mass is 35.5. The zero-order valence-corrected chi connectivity index (χ0v) is 9.78. The highest BCUT2D eigenvalue weighted by molar-refractivity contribution is 5.85. The third kappa shape index (κ3) is 1.89. The van der Waals surface area contributed by atoms with E-state index in [2.05, 4.69) is 5.32 Å². The highest BCUT2D eigenvalue weighted by Crippen LogP contribution is 2.39. The van der Waals surface area contributed by atoms with Crippen molar-refractivity contribution in [3.63, 3.8) is 0 Å². The second-order valence-corrected chi connectivity index (χ2v) is 4.46. The number of halogens is 2. The Bertz CT molecular complexity index is 391. The second kappa shape index (κ2) is 4.22. The average Bonchev–Trinajstić information content (AvgIpc) is 2.56. The summed E-state index contributed by atoms with van der Waals surface area (Å²) >= 11 is 0. The van der Waals surface area contributed by atoms with E-state index in [1.54, 1.807) is 0 Å². The molecule has 2 heterocycles. The van der Waals surface area contributed by atoms with Gasteiger partial charge in [-0.05, 0) is 37.6 Å². The lowest BCUT2D eigenvalue weighted by Gasteiger charge is -2.33. The Morgan fingerprint density at radius 3 is 2.75 bits per heavy atom. The summed E-state index contributed by atoms with van der Waals surface area (Å²) in [7, 11) is 0. The number of hydrogen-bond acceptors (Lipinski definition) is 2. The summed E-state index contributed by atoms with van der Waals surface area (Å²) in [5.41, 5.74) is 1.10. The maximum atomic E-state index is 13.0. The van der Waals surface area contributed by atoms with E-state index in [9.17, 15) is 4.39 Å². The lowest BCUT2D eigenvalue weighted by atomic mass is 9.88. The normalized spacial score (nSPS) is 21.1. The van der Waals surface area contributed by atoms with E-state index in [4.69, 9.17) is 4.74 Å². The van der Waals surface area contributed by atoms with Crippen LogP contribution in [0.15, 0.2) is 18.2 Å². The number of benzene rings is 1. The van der Waals surface area contributed by atoms with Crippen LogP contribution in [0.4, 0.5) is 4.39 Å². The minimum absolute atomic E-state index is 0. The first-order valence-corrected chi connectivity index (χ1v) is 5.46. The molecule has 1 aromatic carbocycles. The lowest BCUT2D eigenvalue weighted by molar-refractivity contribution is 0.0598. The number of piperidine rings is 1. The lowest BCUT2D eigenvalue weighted by Crippen LogP contribution is -2.45. The standard InChI is InChI=1S/C12H14FNO.ClH/c13-10-2-1-9-8-12(15-11(9)7-10)3-5-14-6-4-12;/h1-2,7,14H,3-6,8H2;1H. The van der Waals surface area contributed by atoms with Crippen molar-refractivity contribution in [2.24, 2.45) is 0 Å². The molecule has 0 amide bonds. The molecular weight excluding hydrogens is 229 g/mol. The van der Waals surface area contributed by atoms with Crippen LogP contribution in [-0.4, -0.2) is 18.7 Å². The highest BCUT2D eigenvalue weighted by Gasteiger charge is 2.40. The predicted octanol–water partition coefficient (Wildman–Crippen LogP) is 2.30. The summed E-state index contributed by atoms with van der Waals surface area (Å²) < 4.78 is 19.0. The molecule has 16 heavy (non-hydrogen) atoms. The van der Waals surface area contributed by atoms with Crippen molar-refractivity contribution in [2.75, 3.05) is 13.1 Å². The molecule has 0 bridgehead atoms. The minimum atomic E-state index is -0.209. The molecule has 88 valence electrons. The fourth-order valence-electron chi connectivity index (χ4n) is 2.55. The van der Waals surface area contributed by atoms with Gasteiger partial charge in [0.25, 0.3) is 0 Å². The number of nitrogens with one attached hydrogen (secondary N) is 1. The van der Waals surface area contributed by atoms with Crippen LogP contribution in [0.5, 0.6) is 5.75 Å². The largest absolute Gasteiger partial charge is 0.486 e. The van der Waals surface area contributed by atoms with E-state index >= 15 is 0 Å². The molecule has 1 spiro atoms. The zero-order chi connectivity index (χ0) is 10.3. The molecule has 0 saturated carbocycles. The summed E-state index contributed by atoms with van der Waals surface area (Å²) in [5.74, 6) is 0.539. The Labute approximate surface area is 101 Å². The van der Waals surface area contributed by atoms with Crippen molar-refractivity contribution in [1.29, 1.82) is 0 Å². The fraction of sp³-hybridized carbons (Fsp3) is 0.500. The molecule has 4 heteroatoms. The van der Waals surface area contributed by atoms with Crippen LogP contribution in [0, 0.1) is 5.82 Å². The van der Waals surface area contributed by atoms with Gasteiger partial charge in [-0.25, -0.2) is 4.39 Å². The van der Waals surface area contributed by atoms with Gasteiger partial charge < -0.3 is 10.1 Å². The van der Waals surface area contributed by atoms with Gasteiger partial charge in [-0.2, -0.15) is 0 Å². The zero-order valence-electron chi connectivity index (χ0n) is 8.96. The van der Waals surface area contributed by atoms with Crippen LogP contribution in [0.3, 0.4) is 0 Å². The maximum Gasteiger partial charge on any atom is 0.126 e. The van der Waals surface area contributed by atoms with E-state index in [0.29, 0.717) is 0 Å². The van der Waals surface area contributed by atoms with E-state index in [0.717, 1.165) is 43.7 Å². The van der Waals surface area contributed by atoms with Gasteiger partial charge >= 0.3 is 0 Å². The number of rotatable bonds is 0. The summed E-state index contributed by atoms with van der Waals surface area (Å²) in [5, 5.41) is 3.32. The van der Waals surface area contributed by atoms with Gasteiger partial charge in [-0.1, -0.05) is 6.07 Å². The first-order valence-electron chi connectivity index (χ1n) is 5.46. The molecule has 1 aromatic rings. The van der Waals surface area contributed by atoms with E-state index in [1.807, 2.05) is 6.07 Å². The quantitative estimate of drug-likeness (QED) is 0.755. The Morgan fingerprint density at radius 1 is 1.25 bits per heavy atom. The molecule has 1 fully saturated rings. The van der Waals surface area contributed by atoms with E-state index in [-0.39, 0.29) is 23.8 Å². The number of ether oxygens (including phenoxy) is 1. The molecule has 0 radical (unpaired) electrons. The molecule has 2 aliphatic rings. The number of fused-ring (bicyclic) bond motifs is 1. The Hall–Kier alpha value is -0.800. The third-order valence-corrected chi connectivity index (χ3v) is 3.38. The molecular formula is C12H15ClFNO. The summed E-state index contributed by atoms with van der Waals surface area (Å²) in [6.07, 6.45) is 2.97. The van der Waals surface area contributed by atoms with Crippen LogP contribution in [0.2, 0.25) is 0 Å². The smallest absolute Gasteiger partial charge is 0.126 e. The van der Waals surface area contributed by atoms with Crippen LogP contribution in [0.1, 0.15) is 18.4 Å². The maximum absolute atomic E-state index is 13.0. The van der Waals surface area contributed by atoms with Gasteiger partial charge in [0.1, 0.15) is 17.2 Å². The van der Waals surface area contributed by atoms with Crippen molar-refractivity contribution < 1.29 is 9.13 Å². The van der Waals surface area contributed by atoms with Crippen molar-refractivity contribution in [2.45, 2.75) is 24.9 Å². The van der Waals surface area contributed by atoms with Crippen molar-refractivity contribution >= 4 is 12.4 Å². The Morgan fingerprint density at radius 2 is 2.00 bits per heavy atom. The SMILES string of the molecule is Cl.Fc1ccc2c(c1)OC1(CCNCC1)C2. The van der Waals surface area contributed by atoms with Crippen molar-refractivity contribution in [3.05, 3.63) is 29.6 Å². The van der Waals surface area contributed by atoms with Crippen LogP contribution >= 0.6 is 12.4 Å². The monoisotopic (exact) mass is 243 g/mol. The van der Waals surface area contributed by atoms with Crippen molar-refractivity contribution in [3.8, 4) is 5.75 Å². The molecule has 0 atom stereocenters. The molecule has 1 saturated heterocycles. The molecule has 2 aliphatic heterocycles. The molecule has 2 nitrogen and oxygen atoms in total. The van der Waals surface area contributed by atoms with Crippen LogP contribution in [0.25, 0.3) is 0 Å². The van der Waals surface area contributed by atoms with Gasteiger partial charge in [0.05, 0.1) is 0 Å². The van der Waals surface area contributed by atoms with E-state index in [1.165, 1.54) is 12.1 Å². The van der Waals surface area contributed by atoms with E-state index < -0.39 is 0 Å². The first-order chi connectivity index (χ1) is 7.27. The Kier molecular flexibility index (Phi) is 3.08. The van der Waals surface area contributed by atoms with Crippen LogP contribution in [-0.2, 0) is 6.42 Å². The topological polar surface area (TPSA) is 21.3 Å². The van der Waals surface area contributed by atoms with Crippen LogP contribution < -0.4 is 10.1 Å². The summed E-state index contributed by atoms with van der Waals surface area (Å²) in [6, 6.07) is 4.87. The second-order valence-electron chi connectivity index (χ2n) is 4.46. The summed E-state index contributed by atoms with van der Waals surface area (Å²) in [6.45, 7) is 1.99. The van der Waals surface area contributed by atoms with Crippen molar-refractivity contribution in [1.82, 2.24) is 5.32 Å². The minimum Gasteiger partial charge on any atom is -0.486 e. The third-order valence-electron chi connectivity index (χ3n) is 3.38. The van der Waals surface area contributed by atoms with Gasteiger partial charge in [-0.15, -0.1) is 12.4 Å². The first kappa shape index (κ1) is 11.7. The summed E-state index contributed by atoms with van der Waals surface area (Å²) in [4.78, 5) is 0. The molecule has 1 N–H and O–H groups in total. The Balaban J connectivity index is 0.000000963. The van der Waals surface area contributed by atoms with Gasteiger partial charge in [0, 0.05) is 12.5 Å². The van der Waals surface area contributed by atoms with Gasteiger partial charge in [0.2, 0.25) is 0 Å². The molecule has 3 rings (SSSR count). The predicted molar refractivity (Wildman–Crippen MR) is 62.8 cm³/mol. The average molecular weight is 244 g/mol. The van der Waals surface area contributed by atoms with Gasteiger partial charge in [0.15, 0.2) is 0 Å². The fourth-order valence-corrected chi connectivity index (χ4v) is 2.55. The van der Waals surface area contributed by atoms with Gasteiger partial charge in [-0.3, -0.25) is 0 Å². The molecule has 0 aliphatic carbocycles. The number of hydrogen-bond donors (Lipinski definition) is 1.